The average molecular weight is 247 g/mol. The first-order chi connectivity index (χ1) is 6.06. The Morgan fingerprint density at radius 2 is 2.23 bits per heavy atom. The summed E-state index contributed by atoms with van der Waals surface area (Å²) in [6.45, 7) is 1.48. The second-order valence-electron chi connectivity index (χ2n) is 2.41. The molecule has 1 heterocycles. The molecule has 0 amide bonds. The Morgan fingerprint density at radius 1 is 1.62 bits per heavy atom. The van der Waals surface area contributed by atoms with E-state index in [2.05, 4.69) is 20.9 Å². The number of alkyl halides is 2. The Labute approximate surface area is 82.3 Å². The number of nitrogens with zero attached hydrogens (tertiary/aromatic N) is 2. The predicted octanol–water partition coefficient (Wildman–Crippen LogP) is 2.96. The molecule has 2 nitrogen and oxygen atoms in total. The van der Waals surface area contributed by atoms with E-state index in [1.165, 1.54) is 6.92 Å². The van der Waals surface area contributed by atoms with E-state index < -0.39 is 6.43 Å². The maximum absolute atomic E-state index is 12.3. The molecule has 0 saturated heterocycles. The van der Waals surface area contributed by atoms with Gasteiger partial charge in [0.25, 0.3) is 6.43 Å². The molecule has 0 saturated carbocycles. The summed E-state index contributed by atoms with van der Waals surface area (Å²) in [5, 5.41) is 8.55. The number of hydrogen-bond acceptors (Lipinski definition) is 2. The van der Waals surface area contributed by atoms with E-state index in [0.717, 1.165) is 6.07 Å². The van der Waals surface area contributed by atoms with Crippen LogP contribution in [0.2, 0.25) is 0 Å². The van der Waals surface area contributed by atoms with Gasteiger partial charge in [0.1, 0.15) is 10.7 Å². The summed E-state index contributed by atoms with van der Waals surface area (Å²) < 4.78 is 24.9. The maximum atomic E-state index is 12.3. The molecule has 0 atom stereocenters. The minimum absolute atomic E-state index is 0.126. The molecular weight excluding hydrogens is 242 g/mol. The minimum Gasteiger partial charge on any atom is -0.244 e. The third kappa shape index (κ3) is 2.01. The lowest BCUT2D eigenvalue weighted by atomic mass is 10.1. The fourth-order valence-corrected chi connectivity index (χ4v) is 1.36. The summed E-state index contributed by atoms with van der Waals surface area (Å²) >= 11 is 3.01. The lowest BCUT2D eigenvalue weighted by molar-refractivity contribution is 0.150. The Kier molecular flexibility index (Phi) is 2.94. The summed E-state index contributed by atoms with van der Waals surface area (Å²) in [6, 6.07) is 2.92. The molecule has 0 fully saturated rings. The summed E-state index contributed by atoms with van der Waals surface area (Å²) in [6.07, 6.45) is -2.59. The van der Waals surface area contributed by atoms with Crippen LogP contribution < -0.4 is 0 Å². The molecule has 13 heavy (non-hydrogen) atoms. The standard InChI is InChI=1S/C8H5BrF2N2/c1-4-6(8(10)11)2-5(3-12)7(9)13-4/h2,8H,1H3. The predicted molar refractivity (Wildman–Crippen MR) is 46.3 cm³/mol. The van der Waals surface area contributed by atoms with Crippen molar-refractivity contribution in [1.29, 1.82) is 5.26 Å². The zero-order valence-electron chi connectivity index (χ0n) is 6.68. The molecule has 0 N–H and O–H groups in total. The molecule has 1 rings (SSSR count). The third-order valence-electron chi connectivity index (χ3n) is 1.56. The van der Waals surface area contributed by atoms with Crippen molar-refractivity contribution in [2.24, 2.45) is 0 Å². The topological polar surface area (TPSA) is 36.7 Å². The van der Waals surface area contributed by atoms with Crippen molar-refractivity contribution < 1.29 is 8.78 Å². The van der Waals surface area contributed by atoms with Crippen molar-refractivity contribution in [1.82, 2.24) is 4.98 Å². The van der Waals surface area contributed by atoms with Crippen molar-refractivity contribution in [3.05, 3.63) is 27.5 Å². The van der Waals surface area contributed by atoms with Crippen LogP contribution in [0.1, 0.15) is 23.2 Å². The first kappa shape index (κ1) is 10.1. The van der Waals surface area contributed by atoms with Crippen molar-refractivity contribution >= 4 is 15.9 Å². The van der Waals surface area contributed by atoms with Crippen LogP contribution >= 0.6 is 15.9 Å². The van der Waals surface area contributed by atoms with Crippen LogP contribution in [0.3, 0.4) is 0 Å². The van der Waals surface area contributed by atoms with Crippen molar-refractivity contribution in [2.45, 2.75) is 13.3 Å². The van der Waals surface area contributed by atoms with Gasteiger partial charge in [-0.05, 0) is 28.9 Å². The number of rotatable bonds is 1. The second-order valence-corrected chi connectivity index (χ2v) is 3.17. The van der Waals surface area contributed by atoms with Gasteiger partial charge in [-0.25, -0.2) is 13.8 Å². The van der Waals surface area contributed by atoms with Crippen LogP contribution in [0.15, 0.2) is 10.7 Å². The van der Waals surface area contributed by atoms with Crippen LogP contribution in [0.5, 0.6) is 0 Å². The quantitative estimate of drug-likeness (QED) is 0.715. The zero-order chi connectivity index (χ0) is 10.0. The van der Waals surface area contributed by atoms with E-state index in [0.29, 0.717) is 4.60 Å². The van der Waals surface area contributed by atoms with E-state index in [9.17, 15) is 8.78 Å². The van der Waals surface area contributed by atoms with Gasteiger partial charge in [0.15, 0.2) is 0 Å². The van der Waals surface area contributed by atoms with Gasteiger partial charge in [0.05, 0.1) is 5.56 Å². The van der Waals surface area contributed by atoms with Crippen LogP contribution in [0, 0.1) is 18.3 Å². The zero-order valence-corrected chi connectivity index (χ0v) is 8.27. The monoisotopic (exact) mass is 246 g/mol. The van der Waals surface area contributed by atoms with Gasteiger partial charge in [0, 0.05) is 11.3 Å². The Bertz CT molecular complexity index is 371. The molecule has 0 bridgehead atoms. The summed E-state index contributed by atoms with van der Waals surface area (Å²) in [5.74, 6) is 0. The summed E-state index contributed by atoms with van der Waals surface area (Å²) in [4.78, 5) is 3.78. The number of hydrogen-bond donors (Lipinski definition) is 0. The lowest BCUT2D eigenvalue weighted by Crippen LogP contribution is -1.96. The molecule has 0 aliphatic carbocycles. The van der Waals surface area contributed by atoms with Crippen molar-refractivity contribution in [3.63, 3.8) is 0 Å². The molecule has 0 aliphatic rings. The normalized spacial score (nSPS) is 10.2. The van der Waals surface area contributed by atoms with Crippen molar-refractivity contribution in [3.8, 4) is 6.07 Å². The van der Waals surface area contributed by atoms with Crippen LogP contribution in [-0.2, 0) is 0 Å². The number of aromatic nitrogens is 1. The average Bonchev–Trinajstić information content (AvgIpc) is 2.03. The fourth-order valence-electron chi connectivity index (χ4n) is 0.891. The van der Waals surface area contributed by atoms with E-state index >= 15 is 0 Å². The van der Waals surface area contributed by atoms with Gasteiger partial charge in [-0.1, -0.05) is 0 Å². The highest BCUT2D eigenvalue weighted by Gasteiger charge is 2.14. The van der Waals surface area contributed by atoms with Crippen LogP contribution in [-0.4, -0.2) is 4.98 Å². The number of aryl methyl sites for hydroxylation is 1. The van der Waals surface area contributed by atoms with Gasteiger partial charge >= 0.3 is 0 Å². The van der Waals surface area contributed by atoms with Gasteiger partial charge in [0.2, 0.25) is 0 Å². The highest BCUT2D eigenvalue weighted by atomic mass is 79.9. The fraction of sp³-hybridized carbons (Fsp3) is 0.250. The van der Waals surface area contributed by atoms with Crippen LogP contribution in [0.4, 0.5) is 8.78 Å². The van der Waals surface area contributed by atoms with E-state index in [-0.39, 0.29) is 16.8 Å². The Balaban J connectivity index is 3.33. The SMILES string of the molecule is Cc1nc(Br)c(C#N)cc1C(F)F. The lowest BCUT2D eigenvalue weighted by Gasteiger charge is -2.04. The van der Waals surface area contributed by atoms with Gasteiger partial charge in [-0.15, -0.1) is 0 Å². The largest absolute Gasteiger partial charge is 0.265 e. The molecule has 0 aliphatic heterocycles. The highest BCUT2D eigenvalue weighted by molar-refractivity contribution is 9.10. The van der Waals surface area contributed by atoms with E-state index in [1.807, 2.05) is 0 Å². The molecule has 5 heteroatoms. The van der Waals surface area contributed by atoms with E-state index in [1.54, 1.807) is 6.07 Å². The Morgan fingerprint density at radius 3 is 2.69 bits per heavy atom. The number of halogens is 3. The molecule has 1 aromatic rings. The first-order valence-corrected chi connectivity index (χ1v) is 4.21. The van der Waals surface area contributed by atoms with Gasteiger partial charge in [-0.3, -0.25) is 0 Å². The maximum Gasteiger partial charge on any atom is 0.265 e. The molecule has 0 unspecified atom stereocenters. The number of pyridine rings is 1. The second kappa shape index (κ2) is 3.79. The van der Waals surface area contributed by atoms with Gasteiger partial charge in [-0.2, -0.15) is 5.26 Å². The number of nitriles is 1. The van der Waals surface area contributed by atoms with Crippen molar-refractivity contribution in [2.75, 3.05) is 0 Å². The third-order valence-corrected chi connectivity index (χ3v) is 2.17. The molecule has 0 spiro atoms. The minimum atomic E-state index is -2.59. The Hall–Kier alpha value is -1.02. The molecule has 1 aromatic heterocycles. The summed E-state index contributed by atoms with van der Waals surface area (Å²) in [5.41, 5.74) is 0.168. The molecule has 0 radical (unpaired) electrons. The molecule has 0 aromatic carbocycles. The van der Waals surface area contributed by atoms with E-state index in [4.69, 9.17) is 5.26 Å². The van der Waals surface area contributed by atoms with Gasteiger partial charge < -0.3 is 0 Å². The first-order valence-electron chi connectivity index (χ1n) is 3.41. The van der Waals surface area contributed by atoms with Crippen LogP contribution in [0.25, 0.3) is 0 Å². The smallest absolute Gasteiger partial charge is 0.244 e. The molecular formula is C8H5BrF2N2. The highest BCUT2D eigenvalue weighted by Crippen LogP contribution is 2.25. The molecule has 68 valence electrons. The summed E-state index contributed by atoms with van der Waals surface area (Å²) in [7, 11) is 0.